The number of carboxylic acids is 1. The maximum atomic E-state index is 12.5. The van der Waals surface area contributed by atoms with Crippen LogP contribution in [0, 0.1) is 0 Å². The Labute approximate surface area is 139 Å². The van der Waals surface area contributed by atoms with Gasteiger partial charge in [0, 0.05) is 6.54 Å². The minimum Gasteiger partial charge on any atom is -0.478 e. The van der Waals surface area contributed by atoms with E-state index in [9.17, 15) is 13.2 Å². The van der Waals surface area contributed by atoms with E-state index in [1.807, 2.05) is 24.3 Å². The van der Waals surface area contributed by atoms with Crippen LogP contribution in [0.3, 0.4) is 0 Å². The first-order valence-corrected chi connectivity index (χ1v) is 8.75. The molecule has 0 atom stereocenters. The van der Waals surface area contributed by atoms with Gasteiger partial charge in [-0.15, -0.1) is 0 Å². The topological polar surface area (TPSA) is 83.5 Å². The molecule has 0 unspecified atom stereocenters. The van der Waals surface area contributed by atoms with E-state index >= 15 is 0 Å². The van der Waals surface area contributed by atoms with Gasteiger partial charge in [-0.25, -0.2) is 17.9 Å². The highest BCUT2D eigenvalue weighted by Crippen LogP contribution is 2.19. The van der Waals surface area contributed by atoms with E-state index in [1.54, 1.807) is 30.3 Å². The van der Waals surface area contributed by atoms with Gasteiger partial charge in [0.05, 0.1) is 10.5 Å². The maximum absolute atomic E-state index is 12.5. The van der Waals surface area contributed by atoms with Gasteiger partial charge in [-0.3, -0.25) is 0 Å². The average Bonchev–Trinajstić information content (AvgIpc) is 2.59. The molecule has 0 amide bonds. The fraction of sp³-hybridized carbons (Fsp3) is 0.0556. The monoisotopic (exact) mass is 341 g/mol. The summed E-state index contributed by atoms with van der Waals surface area (Å²) < 4.78 is 27.4. The number of sulfonamides is 1. The Balaban J connectivity index is 1.87. The summed E-state index contributed by atoms with van der Waals surface area (Å²) in [6, 6.07) is 18.7. The molecule has 24 heavy (non-hydrogen) atoms. The predicted molar refractivity (Wildman–Crippen MR) is 91.4 cm³/mol. The first-order valence-electron chi connectivity index (χ1n) is 7.27. The van der Waals surface area contributed by atoms with Crippen molar-refractivity contribution >= 4 is 26.8 Å². The molecule has 0 bridgehead atoms. The molecule has 3 aromatic carbocycles. The Morgan fingerprint density at radius 1 is 0.917 bits per heavy atom. The van der Waals surface area contributed by atoms with Crippen molar-refractivity contribution in [1.29, 1.82) is 0 Å². The molecule has 3 rings (SSSR count). The molecule has 122 valence electrons. The fourth-order valence-corrected chi connectivity index (χ4v) is 3.52. The van der Waals surface area contributed by atoms with Crippen molar-refractivity contribution in [3.8, 4) is 0 Å². The summed E-state index contributed by atoms with van der Waals surface area (Å²) in [4.78, 5) is 11.3. The minimum atomic E-state index is -3.74. The van der Waals surface area contributed by atoms with E-state index in [2.05, 4.69) is 4.72 Å². The number of carboxylic acid groups (broad SMARTS) is 1. The molecular formula is C18H15NO4S. The van der Waals surface area contributed by atoms with Crippen molar-refractivity contribution < 1.29 is 18.3 Å². The van der Waals surface area contributed by atoms with Crippen LogP contribution in [0.15, 0.2) is 71.6 Å². The van der Waals surface area contributed by atoms with E-state index in [-0.39, 0.29) is 17.0 Å². The summed E-state index contributed by atoms with van der Waals surface area (Å²) in [6.45, 7) is -0.0857. The molecule has 0 aromatic heterocycles. The third-order valence-electron chi connectivity index (χ3n) is 3.73. The standard InChI is InChI=1S/C18H15NO4S/c20-18(21)17-8-4-3-7-15(17)12-19-24(22,23)16-10-9-13-5-1-2-6-14(13)11-16/h1-11,19H,12H2,(H,20,21). The van der Waals surface area contributed by atoms with Crippen LogP contribution in [0.1, 0.15) is 15.9 Å². The lowest BCUT2D eigenvalue weighted by atomic mass is 10.1. The second-order valence-electron chi connectivity index (χ2n) is 5.30. The maximum Gasteiger partial charge on any atom is 0.336 e. The van der Waals surface area contributed by atoms with Gasteiger partial charge in [0.2, 0.25) is 10.0 Å². The van der Waals surface area contributed by atoms with Gasteiger partial charge in [0.15, 0.2) is 0 Å². The number of aromatic carboxylic acids is 1. The van der Waals surface area contributed by atoms with E-state index < -0.39 is 16.0 Å². The number of rotatable bonds is 5. The van der Waals surface area contributed by atoms with Crippen LogP contribution in [0.4, 0.5) is 0 Å². The smallest absolute Gasteiger partial charge is 0.336 e. The lowest BCUT2D eigenvalue weighted by Crippen LogP contribution is -2.24. The third kappa shape index (κ3) is 3.29. The van der Waals surface area contributed by atoms with Gasteiger partial charge in [-0.05, 0) is 34.5 Å². The van der Waals surface area contributed by atoms with Gasteiger partial charge in [-0.1, -0.05) is 48.5 Å². The van der Waals surface area contributed by atoms with Crippen LogP contribution >= 0.6 is 0 Å². The molecule has 0 fully saturated rings. The van der Waals surface area contributed by atoms with Crippen LogP contribution < -0.4 is 4.72 Å². The van der Waals surface area contributed by atoms with Gasteiger partial charge in [0.1, 0.15) is 0 Å². The summed E-state index contributed by atoms with van der Waals surface area (Å²) in [7, 11) is -3.74. The van der Waals surface area contributed by atoms with Gasteiger partial charge in [0.25, 0.3) is 0 Å². The Morgan fingerprint density at radius 3 is 2.33 bits per heavy atom. The zero-order valence-corrected chi connectivity index (χ0v) is 13.5. The largest absolute Gasteiger partial charge is 0.478 e. The van der Waals surface area contributed by atoms with Crippen molar-refractivity contribution in [2.75, 3.05) is 0 Å². The molecule has 6 heteroatoms. The molecule has 0 aliphatic rings. The molecule has 0 spiro atoms. The molecule has 0 saturated carbocycles. The highest BCUT2D eigenvalue weighted by atomic mass is 32.2. The number of carbonyl (C=O) groups is 1. The van der Waals surface area contributed by atoms with Crippen LogP contribution in [-0.2, 0) is 16.6 Å². The molecule has 0 saturated heterocycles. The van der Waals surface area contributed by atoms with Crippen LogP contribution in [0.2, 0.25) is 0 Å². The summed E-state index contributed by atoms with van der Waals surface area (Å²) in [6.07, 6.45) is 0. The summed E-state index contributed by atoms with van der Waals surface area (Å²) >= 11 is 0. The summed E-state index contributed by atoms with van der Waals surface area (Å²) in [5.74, 6) is -1.09. The van der Waals surface area contributed by atoms with Crippen molar-refractivity contribution in [2.45, 2.75) is 11.4 Å². The molecular weight excluding hydrogens is 326 g/mol. The first-order chi connectivity index (χ1) is 11.5. The number of hydrogen-bond donors (Lipinski definition) is 2. The first kappa shape index (κ1) is 16.2. The molecule has 0 heterocycles. The zero-order chi connectivity index (χ0) is 17.2. The Kier molecular flexibility index (Phi) is 4.33. The number of nitrogens with one attached hydrogen (secondary N) is 1. The van der Waals surface area contributed by atoms with Gasteiger partial charge < -0.3 is 5.11 Å². The van der Waals surface area contributed by atoms with Crippen molar-refractivity contribution in [1.82, 2.24) is 4.72 Å². The highest BCUT2D eigenvalue weighted by Gasteiger charge is 2.16. The third-order valence-corrected chi connectivity index (χ3v) is 5.13. The van der Waals surface area contributed by atoms with Crippen LogP contribution in [-0.4, -0.2) is 19.5 Å². The second kappa shape index (κ2) is 6.43. The zero-order valence-electron chi connectivity index (χ0n) is 12.6. The Morgan fingerprint density at radius 2 is 1.58 bits per heavy atom. The van der Waals surface area contributed by atoms with E-state index in [1.165, 1.54) is 12.1 Å². The molecule has 0 aliphatic carbocycles. The Hall–Kier alpha value is -2.70. The molecule has 3 aromatic rings. The van der Waals surface area contributed by atoms with Gasteiger partial charge in [-0.2, -0.15) is 0 Å². The Bertz CT molecular complexity index is 1010. The van der Waals surface area contributed by atoms with E-state index in [0.29, 0.717) is 5.56 Å². The number of benzene rings is 3. The highest BCUT2D eigenvalue weighted by molar-refractivity contribution is 7.89. The lowest BCUT2D eigenvalue weighted by Gasteiger charge is -2.09. The molecule has 2 N–H and O–H groups in total. The predicted octanol–water partition coefficient (Wildman–Crippen LogP) is 3.02. The van der Waals surface area contributed by atoms with Crippen molar-refractivity contribution in [3.63, 3.8) is 0 Å². The fourth-order valence-electron chi connectivity index (χ4n) is 2.47. The lowest BCUT2D eigenvalue weighted by molar-refractivity contribution is 0.0695. The quantitative estimate of drug-likeness (QED) is 0.747. The normalized spacial score (nSPS) is 11.5. The van der Waals surface area contributed by atoms with Crippen molar-refractivity contribution in [3.05, 3.63) is 77.9 Å². The van der Waals surface area contributed by atoms with E-state index in [4.69, 9.17) is 5.11 Å². The number of fused-ring (bicyclic) bond motifs is 1. The summed E-state index contributed by atoms with van der Waals surface area (Å²) in [5.41, 5.74) is 0.494. The molecule has 5 nitrogen and oxygen atoms in total. The second-order valence-corrected chi connectivity index (χ2v) is 7.06. The van der Waals surface area contributed by atoms with Crippen molar-refractivity contribution in [2.24, 2.45) is 0 Å². The number of hydrogen-bond acceptors (Lipinski definition) is 3. The van der Waals surface area contributed by atoms with E-state index in [0.717, 1.165) is 10.8 Å². The minimum absolute atomic E-state index is 0.0821. The summed E-state index contributed by atoms with van der Waals surface area (Å²) in [5, 5.41) is 10.9. The molecule has 0 radical (unpaired) electrons. The van der Waals surface area contributed by atoms with Crippen LogP contribution in [0.25, 0.3) is 10.8 Å². The SMILES string of the molecule is O=C(O)c1ccccc1CNS(=O)(=O)c1ccc2ccccc2c1. The average molecular weight is 341 g/mol. The van der Waals surface area contributed by atoms with Crippen LogP contribution in [0.5, 0.6) is 0 Å². The van der Waals surface area contributed by atoms with Gasteiger partial charge >= 0.3 is 5.97 Å². The molecule has 0 aliphatic heterocycles.